The van der Waals surface area contributed by atoms with Gasteiger partial charge in [-0.05, 0) is 147 Å². The van der Waals surface area contributed by atoms with Crippen LogP contribution < -0.4 is 9.47 Å². The molecule has 6 rings (SSSR count). The van der Waals surface area contributed by atoms with Crippen molar-refractivity contribution in [3.05, 3.63) is 58.7 Å². The fourth-order valence-electron chi connectivity index (χ4n) is 10.9. The number of rotatable bonds is 22. The minimum absolute atomic E-state index is 0. The van der Waals surface area contributed by atoms with Crippen LogP contribution in [0, 0.1) is 35.5 Å². The summed E-state index contributed by atoms with van der Waals surface area (Å²) in [5.74, 6) is 2.31. The molecule has 10 atom stereocenters. The second-order valence-corrected chi connectivity index (χ2v) is 17.6. The van der Waals surface area contributed by atoms with Crippen molar-refractivity contribution in [3.8, 4) is 11.5 Å². The molecule has 10 nitrogen and oxygen atoms in total. The van der Waals surface area contributed by atoms with Crippen molar-refractivity contribution in [2.75, 3.05) is 27.4 Å². The van der Waals surface area contributed by atoms with Crippen molar-refractivity contribution >= 4 is 11.9 Å². The number of carboxylic acid groups (broad SMARTS) is 2. The van der Waals surface area contributed by atoms with Gasteiger partial charge in [-0.2, -0.15) is 0 Å². The van der Waals surface area contributed by atoms with Gasteiger partial charge in [-0.15, -0.1) is 0 Å². The SMILES string of the molecule is C.C.CCCCC[C@@H](CC[C@@H]1[C@H]2Cc3cccc(OCC(=O)O)c3C[C@H]2C[C@H]1OC)OC.CCCCC[C@H](O)CC[C@@H]1[C@H]2Cc3cccc(OCC(=O)O)c3C[C@H]2C[C@H]1O. The van der Waals surface area contributed by atoms with Crippen LogP contribution in [0.2, 0.25) is 0 Å². The molecular formula is C50H80O10. The standard InChI is InChI=1S/C25H38O5.C23H34O5.2CH4/c1-4-5-6-9-19(28-2)11-12-20-21-13-17-8-7-10-23(30-16-25(26)27)22(17)14-18(21)15-24(20)29-3;1-2-3-4-7-17(24)9-10-18-19-11-15-6-5-8-22(28-14-23(26)27)20(15)12-16(19)13-21(18)25;;/h7-8,10,18-21,24H,4-6,9,11-16H2,1-3H3,(H,26,27);5-6,8,16-19,21,24-25H,2-4,7,9-14H2,1H3,(H,26,27);2*1H4/t18-,19-,20+,21-,24+;16-,17-,18+,19-,21+;;/m00../s1. The third-order valence-electron chi connectivity index (χ3n) is 13.9. The summed E-state index contributed by atoms with van der Waals surface area (Å²) in [6.45, 7) is 3.79. The van der Waals surface area contributed by atoms with Crippen LogP contribution in [0.4, 0.5) is 0 Å². The number of methoxy groups -OCH3 is 2. The Morgan fingerprint density at radius 1 is 0.683 bits per heavy atom. The Hall–Kier alpha value is -3.18. The van der Waals surface area contributed by atoms with E-state index >= 15 is 0 Å². The molecule has 0 unspecified atom stereocenters. The van der Waals surface area contributed by atoms with E-state index in [1.54, 1.807) is 0 Å². The van der Waals surface area contributed by atoms with Crippen molar-refractivity contribution in [2.24, 2.45) is 35.5 Å². The zero-order chi connectivity index (χ0) is 41.6. The van der Waals surface area contributed by atoms with Crippen molar-refractivity contribution in [1.82, 2.24) is 0 Å². The number of aliphatic hydroxyl groups excluding tert-OH is 2. The van der Waals surface area contributed by atoms with Gasteiger partial charge in [0.2, 0.25) is 0 Å². The summed E-state index contributed by atoms with van der Waals surface area (Å²) in [7, 11) is 3.69. The lowest BCUT2D eigenvalue weighted by Gasteiger charge is -2.33. The number of fused-ring (bicyclic) bond motifs is 4. The molecule has 2 aromatic carbocycles. The number of benzene rings is 2. The maximum absolute atomic E-state index is 10.9. The highest BCUT2D eigenvalue weighted by Gasteiger charge is 2.46. The summed E-state index contributed by atoms with van der Waals surface area (Å²) in [5, 5.41) is 38.8. The summed E-state index contributed by atoms with van der Waals surface area (Å²) < 4.78 is 22.8. The summed E-state index contributed by atoms with van der Waals surface area (Å²) in [4.78, 5) is 21.8. The van der Waals surface area contributed by atoms with Gasteiger partial charge in [0.25, 0.3) is 0 Å². The van der Waals surface area contributed by atoms with Gasteiger partial charge < -0.3 is 39.4 Å². The topological polar surface area (TPSA) is 152 Å². The molecule has 4 N–H and O–H groups in total. The predicted octanol–water partition coefficient (Wildman–Crippen LogP) is 9.75. The lowest BCUT2D eigenvalue weighted by atomic mass is 9.73. The summed E-state index contributed by atoms with van der Waals surface area (Å²) in [5.41, 5.74) is 4.83. The zero-order valence-corrected chi connectivity index (χ0v) is 35.6. The first-order chi connectivity index (χ1) is 28.1. The van der Waals surface area contributed by atoms with Gasteiger partial charge in [0.05, 0.1) is 24.4 Å². The van der Waals surface area contributed by atoms with Crippen LogP contribution >= 0.6 is 0 Å². The summed E-state index contributed by atoms with van der Waals surface area (Å²) in [6.07, 6.45) is 18.7. The zero-order valence-electron chi connectivity index (χ0n) is 35.6. The molecule has 0 heterocycles. The Bertz CT molecular complexity index is 1580. The molecule has 0 bridgehead atoms. The van der Waals surface area contributed by atoms with Gasteiger partial charge in [0.1, 0.15) is 11.5 Å². The molecule has 4 aliphatic carbocycles. The molecule has 0 saturated heterocycles. The van der Waals surface area contributed by atoms with E-state index in [0.717, 1.165) is 108 Å². The Kier molecular flexibility index (Phi) is 21.9. The molecule has 2 saturated carbocycles. The second-order valence-electron chi connectivity index (χ2n) is 17.6. The number of aliphatic carboxylic acids is 2. The Labute approximate surface area is 361 Å². The van der Waals surface area contributed by atoms with Crippen LogP contribution in [0.25, 0.3) is 0 Å². The number of aliphatic hydroxyl groups is 2. The smallest absolute Gasteiger partial charge is 0.341 e. The van der Waals surface area contributed by atoms with Gasteiger partial charge in [-0.1, -0.05) is 91.5 Å². The molecule has 60 heavy (non-hydrogen) atoms. The molecule has 340 valence electrons. The summed E-state index contributed by atoms with van der Waals surface area (Å²) >= 11 is 0. The molecule has 10 heteroatoms. The lowest BCUT2D eigenvalue weighted by Crippen LogP contribution is -2.28. The first kappa shape index (κ1) is 51.2. The fourth-order valence-corrected chi connectivity index (χ4v) is 10.9. The van der Waals surface area contributed by atoms with E-state index in [-0.39, 0.29) is 46.2 Å². The molecule has 0 aliphatic heterocycles. The van der Waals surface area contributed by atoms with E-state index in [1.165, 1.54) is 36.0 Å². The van der Waals surface area contributed by atoms with Crippen LogP contribution in [0.15, 0.2) is 36.4 Å². The average molecular weight is 841 g/mol. The van der Waals surface area contributed by atoms with Crippen LogP contribution in [0.5, 0.6) is 11.5 Å². The van der Waals surface area contributed by atoms with E-state index < -0.39 is 11.9 Å². The highest BCUT2D eigenvalue weighted by molar-refractivity contribution is 5.69. The molecule has 0 aromatic heterocycles. The van der Waals surface area contributed by atoms with Crippen molar-refractivity contribution < 1.29 is 49.0 Å². The van der Waals surface area contributed by atoms with Crippen molar-refractivity contribution in [3.63, 3.8) is 0 Å². The highest BCUT2D eigenvalue weighted by Crippen LogP contribution is 2.50. The molecular weight excluding hydrogens is 761 g/mol. The maximum atomic E-state index is 10.9. The molecule has 0 radical (unpaired) electrons. The predicted molar refractivity (Wildman–Crippen MR) is 238 cm³/mol. The number of carboxylic acids is 2. The van der Waals surface area contributed by atoms with E-state index in [4.69, 9.17) is 29.2 Å². The Balaban J connectivity index is 0.000000311. The van der Waals surface area contributed by atoms with Crippen LogP contribution in [0.1, 0.15) is 141 Å². The van der Waals surface area contributed by atoms with Crippen LogP contribution in [-0.2, 0) is 44.7 Å². The second kappa shape index (κ2) is 25.7. The van der Waals surface area contributed by atoms with Gasteiger partial charge >= 0.3 is 11.9 Å². The van der Waals surface area contributed by atoms with Gasteiger partial charge in [0, 0.05) is 14.2 Å². The molecule has 0 spiro atoms. The number of carbonyl (C=O) groups is 2. The van der Waals surface area contributed by atoms with Crippen molar-refractivity contribution in [1.29, 1.82) is 0 Å². The number of hydrogen-bond acceptors (Lipinski definition) is 8. The fraction of sp³-hybridized carbons (Fsp3) is 0.720. The van der Waals surface area contributed by atoms with E-state index in [0.29, 0.717) is 47.5 Å². The normalized spacial score (nSPS) is 25.7. The third kappa shape index (κ3) is 13.9. The van der Waals surface area contributed by atoms with E-state index in [9.17, 15) is 19.8 Å². The largest absolute Gasteiger partial charge is 0.482 e. The number of hydrogen-bond donors (Lipinski definition) is 4. The molecule has 2 aromatic rings. The van der Waals surface area contributed by atoms with E-state index in [2.05, 4.69) is 26.0 Å². The maximum Gasteiger partial charge on any atom is 0.341 e. The first-order valence-corrected chi connectivity index (χ1v) is 22.4. The van der Waals surface area contributed by atoms with Gasteiger partial charge in [-0.3, -0.25) is 0 Å². The minimum Gasteiger partial charge on any atom is -0.482 e. The Morgan fingerprint density at radius 2 is 1.20 bits per heavy atom. The van der Waals surface area contributed by atoms with Crippen LogP contribution in [-0.4, -0.2) is 84.2 Å². The molecule has 4 aliphatic rings. The molecule has 0 amide bonds. The van der Waals surface area contributed by atoms with Crippen LogP contribution in [0.3, 0.4) is 0 Å². The monoisotopic (exact) mass is 841 g/mol. The van der Waals surface area contributed by atoms with Crippen molar-refractivity contribution in [2.45, 2.75) is 169 Å². The average Bonchev–Trinajstić information content (AvgIpc) is 3.72. The lowest BCUT2D eigenvalue weighted by molar-refractivity contribution is -0.140. The minimum atomic E-state index is -0.972. The first-order valence-electron chi connectivity index (χ1n) is 22.4. The highest BCUT2D eigenvalue weighted by atomic mass is 16.5. The number of ether oxygens (including phenoxy) is 4. The van der Waals surface area contributed by atoms with Gasteiger partial charge in [-0.25, -0.2) is 9.59 Å². The Morgan fingerprint density at radius 3 is 1.72 bits per heavy atom. The number of unbranched alkanes of at least 4 members (excludes halogenated alkanes) is 4. The molecule has 2 fully saturated rings. The third-order valence-corrected chi connectivity index (χ3v) is 13.9. The quantitative estimate of drug-likeness (QED) is 0.0844. The summed E-state index contributed by atoms with van der Waals surface area (Å²) in [6, 6.07) is 11.9. The van der Waals surface area contributed by atoms with E-state index in [1.807, 2.05) is 38.5 Å². The van der Waals surface area contributed by atoms with Gasteiger partial charge in [0.15, 0.2) is 13.2 Å².